The van der Waals surface area contributed by atoms with Crippen molar-refractivity contribution in [2.75, 3.05) is 39.2 Å². The van der Waals surface area contributed by atoms with E-state index in [0.717, 1.165) is 28.9 Å². The first-order valence-electron chi connectivity index (χ1n) is 8.96. The van der Waals surface area contributed by atoms with E-state index in [1.807, 2.05) is 39.2 Å². The molecule has 0 bridgehead atoms. The third-order valence-corrected chi connectivity index (χ3v) is 5.32. The number of fused-ring (bicyclic) bond motifs is 1. The number of amides is 1. The fraction of sp³-hybridized carbons (Fsp3) is 0.421. The summed E-state index contributed by atoms with van der Waals surface area (Å²) in [6, 6.07) is 7.53. The van der Waals surface area contributed by atoms with Crippen LogP contribution in [0.5, 0.6) is 5.75 Å². The van der Waals surface area contributed by atoms with Crippen LogP contribution in [0, 0.1) is 0 Å². The maximum absolute atomic E-state index is 13.3. The summed E-state index contributed by atoms with van der Waals surface area (Å²) in [5, 5.41) is 4.93. The lowest BCUT2D eigenvalue weighted by Gasteiger charge is -2.21. The molecule has 0 fully saturated rings. The van der Waals surface area contributed by atoms with E-state index >= 15 is 0 Å². The first kappa shape index (κ1) is 22.1. The molecule has 7 nitrogen and oxygen atoms in total. The van der Waals surface area contributed by atoms with Crippen LogP contribution in [0.2, 0.25) is 0 Å². The Hall–Kier alpha value is -2.16. The van der Waals surface area contributed by atoms with Crippen molar-refractivity contribution in [2.24, 2.45) is 0 Å². The second-order valence-corrected chi connectivity index (χ2v) is 7.49. The van der Waals surface area contributed by atoms with Gasteiger partial charge in [-0.3, -0.25) is 14.4 Å². The van der Waals surface area contributed by atoms with E-state index < -0.39 is 0 Å². The van der Waals surface area contributed by atoms with Gasteiger partial charge in [-0.05, 0) is 58.3 Å². The van der Waals surface area contributed by atoms with Crippen molar-refractivity contribution < 1.29 is 9.53 Å². The summed E-state index contributed by atoms with van der Waals surface area (Å²) in [5.74, 6) is 0.714. The smallest absolute Gasteiger partial charge is 0.278 e. The van der Waals surface area contributed by atoms with Crippen LogP contribution in [0.4, 0.5) is 5.13 Å². The quantitative estimate of drug-likeness (QED) is 0.554. The molecule has 0 atom stereocenters. The SMILES string of the molecule is CCn1nccc1C(=O)N(CCCN(C)C)c1nc2ccc(OC)cc2s1.Cl. The summed E-state index contributed by atoms with van der Waals surface area (Å²) in [6.45, 7) is 4.12. The number of aryl methyl sites for hydroxylation is 1. The molecule has 152 valence electrons. The van der Waals surface area contributed by atoms with E-state index in [9.17, 15) is 4.79 Å². The Labute approximate surface area is 175 Å². The highest BCUT2D eigenvalue weighted by atomic mass is 35.5. The van der Waals surface area contributed by atoms with Crippen LogP contribution in [0.3, 0.4) is 0 Å². The molecule has 1 amide bonds. The average Bonchev–Trinajstić information content (AvgIpc) is 3.29. The van der Waals surface area contributed by atoms with Gasteiger partial charge in [0.15, 0.2) is 5.13 Å². The monoisotopic (exact) mass is 423 g/mol. The first-order valence-corrected chi connectivity index (χ1v) is 9.78. The summed E-state index contributed by atoms with van der Waals surface area (Å²) in [5.41, 5.74) is 1.45. The van der Waals surface area contributed by atoms with Gasteiger partial charge in [0.2, 0.25) is 0 Å². The van der Waals surface area contributed by atoms with Gasteiger partial charge >= 0.3 is 0 Å². The van der Waals surface area contributed by atoms with Gasteiger partial charge in [0, 0.05) is 19.3 Å². The Bertz CT molecular complexity index is 924. The number of rotatable bonds is 8. The summed E-state index contributed by atoms with van der Waals surface area (Å²) in [6.07, 6.45) is 2.52. The van der Waals surface area contributed by atoms with Crippen molar-refractivity contribution in [1.82, 2.24) is 19.7 Å². The highest BCUT2D eigenvalue weighted by Crippen LogP contribution is 2.32. The predicted octanol–water partition coefficient (Wildman–Crippen LogP) is 3.54. The van der Waals surface area contributed by atoms with E-state index in [0.29, 0.717) is 23.9 Å². The van der Waals surface area contributed by atoms with Crippen LogP contribution in [-0.2, 0) is 6.54 Å². The Morgan fingerprint density at radius 3 is 2.71 bits per heavy atom. The highest BCUT2D eigenvalue weighted by Gasteiger charge is 2.23. The molecule has 0 N–H and O–H groups in total. The number of hydrogen-bond donors (Lipinski definition) is 0. The van der Waals surface area contributed by atoms with Crippen LogP contribution in [-0.4, -0.2) is 59.9 Å². The average molecular weight is 424 g/mol. The number of aromatic nitrogens is 3. The maximum atomic E-state index is 13.3. The second kappa shape index (κ2) is 9.86. The highest BCUT2D eigenvalue weighted by molar-refractivity contribution is 7.22. The van der Waals surface area contributed by atoms with E-state index in [-0.39, 0.29) is 18.3 Å². The number of carbonyl (C=O) groups excluding carboxylic acids is 1. The van der Waals surface area contributed by atoms with Crippen molar-refractivity contribution >= 4 is 45.0 Å². The Balaban J connectivity index is 0.00000280. The fourth-order valence-corrected chi connectivity index (χ4v) is 3.89. The van der Waals surface area contributed by atoms with Crippen LogP contribution in [0.15, 0.2) is 30.5 Å². The summed E-state index contributed by atoms with van der Waals surface area (Å²) in [4.78, 5) is 21.8. The largest absolute Gasteiger partial charge is 0.497 e. The predicted molar refractivity (Wildman–Crippen MR) is 116 cm³/mol. The van der Waals surface area contributed by atoms with Gasteiger partial charge in [0.05, 0.1) is 17.3 Å². The number of thiazole rings is 1. The summed E-state index contributed by atoms with van der Waals surface area (Å²) >= 11 is 1.50. The second-order valence-electron chi connectivity index (χ2n) is 6.48. The van der Waals surface area contributed by atoms with Gasteiger partial charge in [0.1, 0.15) is 11.4 Å². The molecule has 2 aromatic heterocycles. The van der Waals surface area contributed by atoms with Crippen molar-refractivity contribution in [3.8, 4) is 5.75 Å². The van der Waals surface area contributed by atoms with Crippen molar-refractivity contribution in [3.05, 3.63) is 36.2 Å². The minimum Gasteiger partial charge on any atom is -0.497 e. The molecular formula is C19H26ClN5O2S. The number of nitrogens with zero attached hydrogens (tertiary/aromatic N) is 5. The number of carbonyl (C=O) groups is 1. The van der Waals surface area contributed by atoms with Crippen LogP contribution < -0.4 is 9.64 Å². The number of methoxy groups -OCH3 is 1. The lowest BCUT2D eigenvalue weighted by atomic mass is 10.3. The standard InChI is InChI=1S/C19H25N5O2S.ClH/c1-5-24-16(9-10-20-24)18(25)23(12-6-11-22(2)3)19-21-15-8-7-14(26-4)13-17(15)27-19;/h7-10,13H,5-6,11-12H2,1-4H3;1H. The zero-order valence-electron chi connectivity index (χ0n) is 16.6. The van der Waals surface area contributed by atoms with Crippen molar-refractivity contribution in [2.45, 2.75) is 19.9 Å². The number of halogens is 1. The van der Waals surface area contributed by atoms with Gasteiger partial charge in [0.25, 0.3) is 5.91 Å². The zero-order chi connectivity index (χ0) is 19.4. The third kappa shape index (κ3) is 4.81. The molecule has 3 aromatic rings. The number of ether oxygens (including phenoxy) is 1. The zero-order valence-corrected chi connectivity index (χ0v) is 18.2. The third-order valence-electron chi connectivity index (χ3n) is 4.28. The van der Waals surface area contributed by atoms with Gasteiger partial charge < -0.3 is 9.64 Å². The lowest BCUT2D eigenvalue weighted by molar-refractivity contribution is 0.0975. The molecule has 2 heterocycles. The number of hydrogen-bond acceptors (Lipinski definition) is 6. The number of benzene rings is 1. The molecule has 28 heavy (non-hydrogen) atoms. The molecule has 0 aliphatic heterocycles. The Kier molecular flexibility index (Phi) is 7.79. The minimum absolute atomic E-state index is 0. The Morgan fingerprint density at radius 1 is 1.25 bits per heavy atom. The molecule has 0 saturated carbocycles. The first-order chi connectivity index (χ1) is 13.0. The molecule has 0 saturated heterocycles. The van der Waals surface area contributed by atoms with Crippen LogP contribution >= 0.6 is 23.7 Å². The molecule has 0 radical (unpaired) electrons. The van der Waals surface area contributed by atoms with Gasteiger partial charge in [-0.1, -0.05) is 11.3 Å². The van der Waals surface area contributed by atoms with Crippen LogP contribution in [0.1, 0.15) is 23.8 Å². The van der Waals surface area contributed by atoms with Gasteiger partial charge in [-0.15, -0.1) is 12.4 Å². The molecule has 1 aromatic carbocycles. The lowest BCUT2D eigenvalue weighted by Crippen LogP contribution is -2.34. The summed E-state index contributed by atoms with van der Waals surface area (Å²) in [7, 11) is 5.71. The topological polar surface area (TPSA) is 63.5 Å². The van der Waals surface area contributed by atoms with Gasteiger partial charge in [-0.25, -0.2) is 4.98 Å². The van der Waals surface area contributed by atoms with E-state index in [1.165, 1.54) is 11.3 Å². The molecule has 0 aliphatic rings. The molecule has 3 rings (SSSR count). The Morgan fingerprint density at radius 2 is 2.04 bits per heavy atom. The van der Waals surface area contributed by atoms with Crippen molar-refractivity contribution in [3.63, 3.8) is 0 Å². The minimum atomic E-state index is -0.0703. The summed E-state index contributed by atoms with van der Waals surface area (Å²) < 4.78 is 8.02. The van der Waals surface area contributed by atoms with Crippen molar-refractivity contribution in [1.29, 1.82) is 0 Å². The molecule has 0 unspecified atom stereocenters. The normalized spacial score (nSPS) is 10.9. The molecular weight excluding hydrogens is 398 g/mol. The molecule has 0 spiro atoms. The molecule has 0 aliphatic carbocycles. The van der Waals surface area contributed by atoms with Crippen LogP contribution in [0.25, 0.3) is 10.2 Å². The number of anilines is 1. The fourth-order valence-electron chi connectivity index (χ4n) is 2.87. The van der Waals surface area contributed by atoms with E-state index in [4.69, 9.17) is 9.72 Å². The van der Waals surface area contributed by atoms with Gasteiger partial charge in [-0.2, -0.15) is 5.10 Å². The van der Waals surface area contributed by atoms with E-state index in [1.54, 1.807) is 29.0 Å². The molecule has 9 heteroatoms. The van der Waals surface area contributed by atoms with E-state index in [2.05, 4.69) is 10.00 Å². The maximum Gasteiger partial charge on any atom is 0.278 e.